The Bertz CT molecular complexity index is 449. The highest BCUT2D eigenvalue weighted by Gasteiger charge is 2.25. The first-order chi connectivity index (χ1) is 9.97. The van der Waals surface area contributed by atoms with E-state index in [4.69, 9.17) is 9.47 Å². The Morgan fingerprint density at radius 3 is 2.67 bits per heavy atom. The molecule has 1 aliphatic heterocycles. The van der Waals surface area contributed by atoms with Crippen molar-refractivity contribution in [2.75, 3.05) is 33.5 Å². The van der Waals surface area contributed by atoms with Gasteiger partial charge in [-0.3, -0.25) is 4.79 Å². The molecule has 0 aliphatic carbocycles. The lowest BCUT2D eigenvalue weighted by molar-refractivity contribution is -0.127. The van der Waals surface area contributed by atoms with Gasteiger partial charge in [-0.15, -0.1) is 0 Å². The molecule has 4 nitrogen and oxygen atoms in total. The minimum absolute atomic E-state index is 0.171. The summed E-state index contributed by atoms with van der Waals surface area (Å²) >= 11 is 0. The van der Waals surface area contributed by atoms with Crippen LogP contribution < -0.4 is 0 Å². The minimum atomic E-state index is 0.171. The fourth-order valence-electron chi connectivity index (χ4n) is 2.12. The van der Waals surface area contributed by atoms with Crippen LogP contribution in [0.1, 0.15) is 33.6 Å². The SMILES string of the molecule is C=C(C)/C(C)=C\C1=C(C)CC(=O)N1CCCOCCOC. The summed E-state index contributed by atoms with van der Waals surface area (Å²) in [5.41, 5.74) is 4.29. The first-order valence-electron chi connectivity index (χ1n) is 7.38. The molecule has 1 rings (SSSR count). The number of methoxy groups -OCH3 is 1. The third-order valence-electron chi connectivity index (χ3n) is 3.57. The molecule has 0 saturated carbocycles. The van der Waals surface area contributed by atoms with Crippen LogP contribution in [0.2, 0.25) is 0 Å². The highest BCUT2D eigenvalue weighted by atomic mass is 16.5. The van der Waals surface area contributed by atoms with Crippen LogP contribution in [0.3, 0.4) is 0 Å². The van der Waals surface area contributed by atoms with Crippen molar-refractivity contribution in [3.63, 3.8) is 0 Å². The molecular formula is C17H27NO3. The Morgan fingerprint density at radius 1 is 1.33 bits per heavy atom. The van der Waals surface area contributed by atoms with Gasteiger partial charge in [0.25, 0.3) is 0 Å². The maximum Gasteiger partial charge on any atom is 0.231 e. The number of carbonyl (C=O) groups is 1. The van der Waals surface area contributed by atoms with Gasteiger partial charge in [0.05, 0.1) is 19.6 Å². The molecule has 0 spiro atoms. The van der Waals surface area contributed by atoms with E-state index in [1.54, 1.807) is 7.11 Å². The van der Waals surface area contributed by atoms with Crippen LogP contribution in [0.4, 0.5) is 0 Å². The summed E-state index contributed by atoms with van der Waals surface area (Å²) in [7, 11) is 1.66. The number of allylic oxidation sites excluding steroid dienone is 3. The number of nitrogens with zero attached hydrogens (tertiary/aromatic N) is 1. The molecule has 0 aromatic heterocycles. The predicted octanol–water partition coefficient (Wildman–Crippen LogP) is 3.07. The van der Waals surface area contributed by atoms with Gasteiger partial charge in [-0.1, -0.05) is 12.2 Å². The highest BCUT2D eigenvalue weighted by Crippen LogP contribution is 2.26. The van der Waals surface area contributed by atoms with E-state index in [9.17, 15) is 4.79 Å². The maximum atomic E-state index is 12.1. The summed E-state index contributed by atoms with van der Waals surface area (Å²) in [5, 5.41) is 0. The molecule has 0 radical (unpaired) electrons. The first-order valence-corrected chi connectivity index (χ1v) is 7.38. The second kappa shape index (κ2) is 8.80. The molecule has 1 heterocycles. The largest absolute Gasteiger partial charge is 0.382 e. The van der Waals surface area contributed by atoms with Crippen LogP contribution >= 0.6 is 0 Å². The van der Waals surface area contributed by atoms with Crippen molar-refractivity contribution in [2.45, 2.75) is 33.6 Å². The normalized spacial score (nSPS) is 16.1. The number of hydrogen-bond donors (Lipinski definition) is 0. The van der Waals surface area contributed by atoms with E-state index in [2.05, 4.69) is 12.7 Å². The van der Waals surface area contributed by atoms with E-state index >= 15 is 0 Å². The molecule has 0 saturated heterocycles. The predicted molar refractivity (Wildman–Crippen MR) is 84.9 cm³/mol. The molecule has 21 heavy (non-hydrogen) atoms. The highest BCUT2D eigenvalue weighted by molar-refractivity contribution is 5.85. The van der Waals surface area contributed by atoms with Gasteiger partial charge in [-0.2, -0.15) is 0 Å². The molecule has 0 bridgehead atoms. The van der Waals surface area contributed by atoms with Crippen molar-refractivity contribution < 1.29 is 14.3 Å². The number of ether oxygens (including phenoxy) is 2. The second-order valence-electron chi connectivity index (χ2n) is 5.45. The van der Waals surface area contributed by atoms with Crippen LogP contribution in [-0.2, 0) is 14.3 Å². The lowest BCUT2D eigenvalue weighted by atomic mass is 10.1. The third-order valence-corrected chi connectivity index (χ3v) is 3.57. The molecule has 4 heteroatoms. The van der Waals surface area contributed by atoms with Crippen molar-refractivity contribution in [3.05, 3.63) is 35.1 Å². The van der Waals surface area contributed by atoms with Crippen LogP contribution in [0.5, 0.6) is 0 Å². The Morgan fingerprint density at radius 2 is 2.05 bits per heavy atom. The van der Waals surface area contributed by atoms with E-state index in [0.29, 0.717) is 32.8 Å². The third kappa shape index (κ3) is 5.48. The van der Waals surface area contributed by atoms with Gasteiger partial charge in [-0.05, 0) is 44.4 Å². The standard InChI is InChI=1S/C17H27NO3/c1-13(2)14(3)11-16-15(4)12-17(19)18(16)7-6-8-21-10-9-20-5/h11H,1,6-10,12H2,2-5H3/b14-11-. The molecule has 0 unspecified atom stereocenters. The smallest absolute Gasteiger partial charge is 0.231 e. The van der Waals surface area contributed by atoms with Gasteiger partial charge < -0.3 is 14.4 Å². The Balaban J connectivity index is 2.56. The quantitative estimate of drug-likeness (QED) is 0.484. The van der Waals surface area contributed by atoms with Crippen LogP contribution in [0.25, 0.3) is 0 Å². The fourth-order valence-corrected chi connectivity index (χ4v) is 2.12. The van der Waals surface area contributed by atoms with Crippen molar-refractivity contribution in [2.24, 2.45) is 0 Å². The molecule has 0 aromatic carbocycles. The number of rotatable bonds is 9. The summed E-state index contributed by atoms with van der Waals surface area (Å²) in [6.45, 7) is 12.5. The van der Waals surface area contributed by atoms with Crippen LogP contribution in [0, 0.1) is 0 Å². The average Bonchev–Trinajstić information content (AvgIpc) is 2.69. The van der Waals surface area contributed by atoms with Gasteiger partial charge >= 0.3 is 0 Å². The van der Waals surface area contributed by atoms with E-state index in [-0.39, 0.29) is 5.91 Å². The minimum Gasteiger partial charge on any atom is -0.382 e. The number of amides is 1. The first kappa shape index (κ1) is 17.7. The van der Waals surface area contributed by atoms with E-state index in [0.717, 1.165) is 28.8 Å². The molecule has 0 fully saturated rings. The number of carbonyl (C=O) groups excluding carboxylic acids is 1. The molecule has 1 amide bonds. The summed E-state index contributed by atoms with van der Waals surface area (Å²) in [5.74, 6) is 0.171. The monoisotopic (exact) mass is 293 g/mol. The lowest BCUT2D eigenvalue weighted by Crippen LogP contribution is -2.26. The molecule has 0 N–H and O–H groups in total. The Hall–Kier alpha value is -1.39. The van der Waals surface area contributed by atoms with Crippen LogP contribution in [-0.4, -0.2) is 44.3 Å². The van der Waals surface area contributed by atoms with Gasteiger partial charge in [0.2, 0.25) is 5.91 Å². The van der Waals surface area contributed by atoms with Crippen molar-refractivity contribution in [1.29, 1.82) is 0 Å². The van der Waals surface area contributed by atoms with Crippen molar-refractivity contribution in [3.8, 4) is 0 Å². The van der Waals surface area contributed by atoms with Gasteiger partial charge in [-0.25, -0.2) is 0 Å². The fraction of sp³-hybridized carbons (Fsp3) is 0.588. The lowest BCUT2D eigenvalue weighted by Gasteiger charge is -2.19. The zero-order chi connectivity index (χ0) is 15.8. The number of hydrogen-bond acceptors (Lipinski definition) is 3. The molecule has 118 valence electrons. The Kier molecular flexibility index (Phi) is 7.40. The van der Waals surface area contributed by atoms with Gasteiger partial charge in [0.1, 0.15) is 0 Å². The van der Waals surface area contributed by atoms with E-state index in [1.807, 2.05) is 25.7 Å². The maximum absolute atomic E-state index is 12.1. The van der Waals surface area contributed by atoms with Gasteiger partial charge in [0, 0.05) is 26.0 Å². The topological polar surface area (TPSA) is 38.8 Å². The molecule has 1 aliphatic rings. The second-order valence-corrected chi connectivity index (χ2v) is 5.45. The van der Waals surface area contributed by atoms with Crippen molar-refractivity contribution in [1.82, 2.24) is 4.90 Å². The average molecular weight is 293 g/mol. The van der Waals surface area contributed by atoms with Crippen LogP contribution in [0.15, 0.2) is 35.1 Å². The summed E-state index contributed by atoms with van der Waals surface area (Å²) < 4.78 is 10.4. The van der Waals surface area contributed by atoms with Crippen molar-refractivity contribution >= 4 is 5.91 Å². The molecule has 0 aromatic rings. The zero-order valence-electron chi connectivity index (χ0n) is 13.7. The zero-order valence-corrected chi connectivity index (χ0v) is 13.7. The summed E-state index contributed by atoms with van der Waals surface area (Å²) in [6, 6.07) is 0. The molecule has 0 atom stereocenters. The summed E-state index contributed by atoms with van der Waals surface area (Å²) in [4.78, 5) is 13.9. The van der Waals surface area contributed by atoms with E-state index < -0.39 is 0 Å². The summed E-state index contributed by atoms with van der Waals surface area (Å²) in [6.07, 6.45) is 3.40. The Labute approximate surface area is 128 Å². The molecular weight excluding hydrogens is 266 g/mol. The van der Waals surface area contributed by atoms with E-state index in [1.165, 1.54) is 0 Å². The van der Waals surface area contributed by atoms with Gasteiger partial charge in [0.15, 0.2) is 0 Å².